The summed E-state index contributed by atoms with van der Waals surface area (Å²) in [5.74, 6) is 0.352. The SMILES string of the molecule is COc1ccc2c(C)c(CCC(=O)Nc3ccc(Cl)cc3Cl)c(=O)oc2c1. The van der Waals surface area contributed by atoms with E-state index < -0.39 is 5.63 Å². The van der Waals surface area contributed by atoms with E-state index in [4.69, 9.17) is 32.4 Å². The molecule has 0 atom stereocenters. The Morgan fingerprint density at radius 1 is 1.19 bits per heavy atom. The summed E-state index contributed by atoms with van der Waals surface area (Å²) >= 11 is 11.9. The number of hydrogen-bond acceptors (Lipinski definition) is 4. The van der Waals surface area contributed by atoms with Crippen LogP contribution in [0, 0.1) is 6.92 Å². The van der Waals surface area contributed by atoms with Crippen molar-refractivity contribution in [1.29, 1.82) is 0 Å². The smallest absolute Gasteiger partial charge is 0.339 e. The normalized spacial score (nSPS) is 10.8. The summed E-state index contributed by atoms with van der Waals surface area (Å²) in [6.45, 7) is 1.84. The number of fused-ring (bicyclic) bond motifs is 1. The van der Waals surface area contributed by atoms with Gasteiger partial charge in [-0.3, -0.25) is 4.79 Å². The zero-order valence-corrected chi connectivity index (χ0v) is 16.3. The Hall–Kier alpha value is -2.50. The molecule has 5 nitrogen and oxygen atoms in total. The zero-order chi connectivity index (χ0) is 19.6. The van der Waals surface area contributed by atoms with Gasteiger partial charge in [0.2, 0.25) is 5.91 Å². The molecule has 0 saturated carbocycles. The molecule has 0 aliphatic rings. The Labute approximate surface area is 165 Å². The van der Waals surface area contributed by atoms with Crippen molar-refractivity contribution in [3.63, 3.8) is 0 Å². The van der Waals surface area contributed by atoms with Crippen molar-refractivity contribution in [2.24, 2.45) is 0 Å². The summed E-state index contributed by atoms with van der Waals surface area (Å²) in [5.41, 5.74) is 1.75. The Balaban J connectivity index is 1.78. The predicted molar refractivity (Wildman–Crippen MR) is 107 cm³/mol. The van der Waals surface area contributed by atoms with Crippen LogP contribution < -0.4 is 15.7 Å². The second kappa shape index (κ2) is 8.03. The Kier molecular flexibility index (Phi) is 5.73. The number of benzene rings is 2. The number of hydrogen-bond donors (Lipinski definition) is 1. The predicted octanol–water partition coefficient (Wildman–Crippen LogP) is 4.99. The lowest BCUT2D eigenvalue weighted by Gasteiger charge is -2.10. The summed E-state index contributed by atoms with van der Waals surface area (Å²) in [6.07, 6.45) is 0.374. The van der Waals surface area contributed by atoms with Crippen molar-refractivity contribution >= 4 is 45.8 Å². The lowest BCUT2D eigenvalue weighted by atomic mass is 10.0. The van der Waals surface area contributed by atoms with Gasteiger partial charge < -0.3 is 14.5 Å². The van der Waals surface area contributed by atoms with Gasteiger partial charge >= 0.3 is 5.63 Å². The van der Waals surface area contributed by atoms with Crippen LogP contribution in [-0.2, 0) is 11.2 Å². The average Bonchev–Trinajstić information content (AvgIpc) is 2.63. The maximum Gasteiger partial charge on any atom is 0.339 e. The molecule has 1 aromatic heterocycles. The summed E-state index contributed by atoms with van der Waals surface area (Å²) in [6, 6.07) is 10.1. The quantitative estimate of drug-likeness (QED) is 0.607. The van der Waals surface area contributed by atoms with Crippen molar-refractivity contribution in [3.05, 3.63) is 68.0 Å². The van der Waals surface area contributed by atoms with E-state index >= 15 is 0 Å². The van der Waals surface area contributed by atoms with E-state index in [1.165, 1.54) is 0 Å². The monoisotopic (exact) mass is 405 g/mol. The van der Waals surface area contributed by atoms with Crippen LogP contribution >= 0.6 is 23.2 Å². The number of ether oxygens (including phenoxy) is 1. The molecular weight excluding hydrogens is 389 g/mol. The molecule has 3 aromatic rings. The molecular formula is C20H17Cl2NO4. The minimum Gasteiger partial charge on any atom is -0.497 e. The number of nitrogens with one attached hydrogen (secondary N) is 1. The third-order valence-corrected chi connectivity index (χ3v) is 4.85. The highest BCUT2D eigenvalue weighted by Gasteiger charge is 2.14. The molecule has 3 rings (SSSR count). The first-order valence-electron chi connectivity index (χ1n) is 8.24. The first-order chi connectivity index (χ1) is 12.9. The van der Waals surface area contributed by atoms with Crippen LogP contribution in [0.2, 0.25) is 10.0 Å². The minimum atomic E-state index is -0.453. The summed E-state index contributed by atoms with van der Waals surface area (Å²) in [4.78, 5) is 24.6. The molecule has 27 heavy (non-hydrogen) atoms. The topological polar surface area (TPSA) is 68.5 Å². The van der Waals surface area contributed by atoms with E-state index in [1.807, 2.05) is 13.0 Å². The molecule has 0 saturated heterocycles. The van der Waals surface area contributed by atoms with Crippen LogP contribution in [0.25, 0.3) is 11.0 Å². The first-order valence-corrected chi connectivity index (χ1v) is 9.00. The fourth-order valence-electron chi connectivity index (χ4n) is 2.83. The van der Waals surface area contributed by atoms with Crippen LogP contribution in [0.3, 0.4) is 0 Å². The third-order valence-electron chi connectivity index (χ3n) is 4.30. The molecule has 0 fully saturated rings. The molecule has 140 valence electrons. The zero-order valence-electron chi connectivity index (χ0n) is 14.8. The van der Waals surface area contributed by atoms with Crippen molar-refractivity contribution < 1.29 is 13.9 Å². The van der Waals surface area contributed by atoms with Gasteiger partial charge in [0.15, 0.2) is 0 Å². The third kappa shape index (κ3) is 4.26. The largest absolute Gasteiger partial charge is 0.497 e. The standard InChI is InChI=1S/C20H17Cl2NO4/c1-11-14-5-4-13(26-2)10-18(14)27-20(25)15(11)6-8-19(24)23-17-7-3-12(21)9-16(17)22/h3-5,7,9-10H,6,8H2,1-2H3,(H,23,24). The van der Waals surface area contributed by atoms with Crippen molar-refractivity contribution in [3.8, 4) is 5.75 Å². The molecule has 0 aliphatic carbocycles. The van der Waals surface area contributed by atoms with Crippen LogP contribution in [0.5, 0.6) is 5.75 Å². The molecule has 1 amide bonds. The van der Waals surface area contributed by atoms with Crippen molar-refractivity contribution in [2.75, 3.05) is 12.4 Å². The second-order valence-corrected chi connectivity index (χ2v) is 6.87. The second-order valence-electron chi connectivity index (χ2n) is 6.03. The van der Waals surface area contributed by atoms with Gasteiger partial charge in [0.1, 0.15) is 11.3 Å². The van der Waals surface area contributed by atoms with Gasteiger partial charge in [0, 0.05) is 28.5 Å². The van der Waals surface area contributed by atoms with Crippen LogP contribution in [0.4, 0.5) is 5.69 Å². The van der Waals surface area contributed by atoms with E-state index in [1.54, 1.807) is 37.4 Å². The molecule has 1 N–H and O–H groups in total. The molecule has 0 spiro atoms. The van der Waals surface area contributed by atoms with Gasteiger partial charge in [-0.2, -0.15) is 0 Å². The van der Waals surface area contributed by atoms with Gasteiger partial charge in [-0.25, -0.2) is 4.79 Å². The molecule has 0 unspecified atom stereocenters. The van der Waals surface area contributed by atoms with E-state index in [9.17, 15) is 9.59 Å². The number of carbonyl (C=O) groups is 1. The van der Waals surface area contributed by atoms with Crippen LogP contribution in [0.15, 0.2) is 45.6 Å². The number of anilines is 1. The number of carbonyl (C=O) groups excluding carboxylic acids is 1. The number of halogens is 2. The van der Waals surface area contributed by atoms with E-state index in [2.05, 4.69) is 5.32 Å². The van der Waals surface area contributed by atoms with E-state index in [0.29, 0.717) is 32.6 Å². The molecule has 1 heterocycles. The maximum absolute atomic E-state index is 12.3. The Bertz CT molecular complexity index is 1080. The summed E-state index contributed by atoms with van der Waals surface area (Å²) in [7, 11) is 1.55. The van der Waals surface area contributed by atoms with Gasteiger partial charge in [-0.15, -0.1) is 0 Å². The number of aryl methyl sites for hydroxylation is 1. The van der Waals surface area contributed by atoms with Crippen LogP contribution in [0.1, 0.15) is 17.5 Å². The number of methoxy groups -OCH3 is 1. The fourth-order valence-corrected chi connectivity index (χ4v) is 3.29. The first kappa shape index (κ1) is 19.3. The van der Waals surface area contributed by atoms with Gasteiger partial charge in [-0.05, 0) is 49.2 Å². The Morgan fingerprint density at radius 3 is 2.67 bits per heavy atom. The average molecular weight is 406 g/mol. The molecule has 0 bridgehead atoms. The summed E-state index contributed by atoms with van der Waals surface area (Å²) < 4.78 is 10.5. The van der Waals surface area contributed by atoms with Crippen molar-refractivity contribution in [1.82, 2.24) is 0 Å². The van der Waals surface area contributed by atoms with Gasteiger partial charge in [-0.1, -0.05) is 23.2 Å². The highest BCUT2D eigenvalue weighted by atomic mass is 35.5. The number of amides is 1. The van der Waals surface area contributed by atoms with E-state index in [-0.39, 0.29) is 18.7 Å². The highest BCUT2D eigenvalue weighted by molar-refractivity contribution is 6.36. The lowest BCUT2D eigenvalue weighted by molar-refractivity contribution is -0.116. The highest BCUT2D eigenvalue weighted by Crippen LogP contribution is 2.26. The summed E-state index contributed by atoms with van der Waals surface area (Å²) in [5, 5.41) is 4.37. The maximum atomic E-state index is 12.3. The van der Waals surface area contributed by atoms with E-state index in [0.717, 1.165) is 10.9 Å². The minimum absolute atomic E-state index is 0.117. The van der Waals surface area contributed by atoms with Crippen molar-refractivity contribution in [2.45, 2.75) is 19.8 Å². The molecule has 0 aliphatic heterocycles. The van der Waals surface area contributed by atoms with Gasteiger partial charge in [0.05, 0.1) is 17.8 Å². The Morgan fingerprint density at radius 2 is 1.96 bits per heavy atom. The molecule has 7 heteroatoms. The fraction of sp³-hybridized carbons (Fsp3) is 0.200. The number of rotatable bonds is 5. The van der Waals surface area contributed by atoms with Gasteiger partial charge in [0.25, 0.3) is 0 Å². The molecule has 2 aromatic carbocycles. The lowest BCUT2D eigenvalue weighted by Crippen LogP contribution is -2.16. The van der Waals surface area contributed by atoms with Crippen LogP contribution in [-0.4, -0.2) is 13.0 Å². The molecule has 0 radical (unpaired) electrons.